The third kappa shape index (κ3) is 4.99. The SMILES string of the molecule is COCCCNC(=O)C1(c2ccc(NS(=O)(=O)c3cc(OC)ccc3OC)cc2)CCC1. The molecule has 2 aromatic rings. The number of rotatable bonds is 11. The maximum atomic E-state index is 13.0. The van der Waals surface area contributed by atoms with Crippen molar-refractivity contribution >= 4 is 21.6 Å². The van der Waals surface area contributed by atoms with E-state index in [-0.39, 0.29) is 16.6 Å². The molecular formula is C23H30N2O6S. The molecule has 0 saturated heterocycles. The first-order chi connectivity index (χ1) is 15.4. The number of hydrogen-bond acceptors (Lipinski definition) is 6. The summed E-state index contributed by atoms with van der Waals surface area (Å²) in [5.74, 6) is 0.632. The molecule has 0 unspecified atom stereocenters. The van der Waals surface area contributed by atoms with Gasteiger partial charge in [-0.25, -0.2) is 8.42 Å². The van der Waals surface area contributed by atoms with Crippen LogP contribution in [0.15, 0.2) is 47.4 Å². The molecule has 174 valence electrons. The molecule has 1 amide bonds. The number of carbonyl (C=O) groups is 1. The highest BCUT2D eigenvalue weighted by Gasteiger charge is 2.45. The maximum absolute atomic E-state index is 13.0. The van der Waals surface area contributed by atoms with Crippen molar-refractivity contribution in [2.24, 2.45) is 0 Å². The van der Waals surface area contributed by atoms with Gasteiger partial charge in [0.05, 0.1) is 19.6 Å². The molecule has 1 aliphatic rings. The van der Waals surface area contributed by atoms with E-state index in [4.69, 9.17) is 14.2 Å². The summed E-state index contributed by atoms with van der Waals surface area (Å²) in [4.78, 5) is 12.8. The van der Waals surface area contributed by atoms with Crippen molar-refractivity contribution in [1.29, 1.82) is 0 Å². The van der Waals surface area contributed by atoms with E-state index in [2.05, 4.69) is 10.0 Å². The molecule has 9 heteroatoms. The Morgan fingerprint density at radius 2 is 1.75 bits per heavy atom. The monoisotopic (exact) mass is 462 g/mol. The Balaban J connectivity index is 1.76. The van der Waals surface area contributed by atoms with E-state index >= 15 is 0 Å². The van der Waals surface area contributed by atoms with Crippen LogP contribution >= 0.6 is 0 Å². The summed E-state index contributed by atoms with van der Waals surface area (Å²) in [6.07, 6.45) is 3.28. The summed E-state index contributed by atoms with van der Waals surface area (Å²) in [6.45, 7) is 1.16. The molecule has 1 aliphatic carbocycles. The van der Waals surface area contributed by atoms with Crippen LogP contribution in [0.2, 0.25) is 0 Å². The molecule has 0 atom stereocenters. The number of methoxy groups -OCH3 is 3. The van der Waals surface area contributed by atoms with Gasteiger partial charge in [0.25, 0.3) is 10.0 Å². The van der Waals surface area contributed by atoms with Crippen molar-refractivity contribution in [3.63, 3.8) is 0 Å². The fraction of sp³-hybridized carbons (Fsp3) is 0.435. The number of ether oxygens (including phenoxy) is 3. The number of hydrogen-bond donors (Lipinski definition) is 2. The minimum Gasteiger partial charge on any atom is -0.497 e. The Bertz CT molecular complexity index is 1030. The first-order valence-corrected chi connectivity index (χ1v) is 12.0. The van der Waals surface area contributed by atoms with Gasteiger partial charge in [0, 0.05) is 32.0 Å². The molecule has 1 saturated carbocycles. The van der Waals surface area contributed by atoms with Crippen LogP contribution in [0.4, 0.5) is 5.69 Å². The molecule has 32 heavy (non-hydrogen) atoms. The number of anilines is 1. The number of amides is 1. The van der Waals surface area contributed by atoms with Gasteiger partial charge in [0.2, 0.25) is 5.91 Å². The zero-order chi connectivity index (χ0) is 23.2. The quantitative estimate of drug-likeness (QED) is 0.498. The number of sulfonamides is 1. The van der Waals surface area contributed by atoms with Crippen LogP contribution < -0.4 is 19.5 Å². The van der Waals surface area contributed by atoms with E-state index in [0.717, 1.165) is 31.2 Å². The standard InChI is InChI=1S/C23H30N2O6S/c1-29-15-5-14-24-22(26)23(12-4-13-23)17-6-8-18(9-7-17)25-32(27,28)21-16-19(30-2)10-11-20(21)31-3/h6-11,16,25H,4-5,12-15H2,1-3H3,(H,24,26). The molecule has 8 nitrogen and oxygen atoms in total. The van der Waals surface area contributed by atoms with Gasteiger partial charge in [-0.3, -0.25) is 9.52 Å². The van der Waals surface area contributed by atoms with Crippen molar-refractivity contribution in [2.45, 2.75) is 36.0 Å². The van der Waals surface area contributed by atoms with Gasteiger partial charge in [-0.1, -0.05) is 18.6 Å². The van der Waals surface area contributed by atoms with Crippen LogP contribution in [0, 0.1) is 0 Å². The predicted molar refractivity (Wildman–Crippen MR) is 122 cm³/mol. The Labute approximate surface area is 189 Å². The average molecular weight is 463 g/mol. The van der Waals surface area contributed by atoms with E-state index in [1.165, 1.54) is 20.3 Å². The van der Waals surface area contributed by atoms with Crippen LogP contribution in [0.3, 0.4) is 0 Å². The molecule has 0 bridgehead atoms. The lowest BCUT2D eigenvalue weighted by Gasteiger charge is -2.40. The Morgan fingerprint density at radius 1 is 1.03 bits per heavy atom. The smallest absolute Gasteiger partial charge is 0.265 e. The topological polar surface area (TPSA) is 103 Å². The first kappa shape index (κ1) is 23.9. The Kier molecular flexibility index (Phi) is 7.63. The zero-order valence-corrected chi connectivity index (χ0v) is 19.5. The van der Waals surface area contributed by atoms with E-state index in [1.54, 1.807) is 31.4 Å². The van der Waals surface area contributed by atoms with Gasteiger partial charge in [-0.15, -0.1) is 0 Å². The van der Waals surface area contributed by atoms with Gasteiger partial charge in [-0.2, -0.15) is 0 Å². The van der Waals surface area contributed by atoms with Gasteiger partial charge in [0.15, 0.2) is 0 Å². The highest BCUT2D eigenvalue weighted by molar-refractivity contribution is 7.92. The molecule has 3 rings (SSSR count). The Hall–Kier alpha value is -2.78. The summed E-state index contributed by atoms with van der Waals surface area (Å²) in [7, 11) is 0.603. The molecule has 1 fully saturated rings. The second-order valence-corrected chi connectivity index (χ2v) is 9.39. The van der Waals surface area contributed by atoms with Crippen LogP contribution in [0.5, 0.6) is 11.5 Å². The number of carbonyl (C=O) groups excluding carboxylic acids is 1. The van der Waals surface area contributed by atoms with Gasteiger partial charge < -0.3 is 19.5 Å². The van der Waals surface area contributed by atoms with Crippen molar-refractivity contribution < 1.29 is 27.4 Å². The summed E-state index contributed by atoms with van der Waals surface area (Å²) in [5.41, 5.74) is 0.726. The van der Waals surface area contributed by atoms with Gasteiger partial charge >= 0.3 is 0 Å². The average Bonchev–Trinajstić information content (AvgIpc) is 2.76. The highest BCUT2D eigenvalue weighted by Crippen LogP contribution is 2.44. The first-order valence-electron chi connectivity index (χ1n) is 10.5. The predicted octanol–water partition coefficient (Wildman–Crippen LogP) is 3.08. The lowest BCUT2D eigenvalue weighted by Crippen LogP contribution is -2.49. The minimum absolute atomic E-state index is 0.00861. The Morgan fingerprint density at radius 3 is 2.31 bits per heavy atom. The van der Waals surface area contributed by atoms with Gasteiger partial charge in [-0.05, 0) is 49.1 Å². The van der Waals surface area contributed by atoms with E-state index in [9.17, 15) is 13.2 Å². The van der Waals surface area contributed by atoms with Crippen LogP contribution in [-0.4, -0.2) is 48.8 Å². The molecule has 2 N–H and O–H groups in total. The third-order valence-corrected chi connectivity index (χ3v) is 7.21. The summed E-state index contributed by atoms with van der Waals surface area (Å²) in [5, 5.41) is 3.00. The lowest BCUT2D eigenvalue weighted by molar-refractivity contribution is -0.129. The second kappa shape index (κ2) is 10.2. The molecular weight excluding hydrogens is 432 g/mol. The van der Waals surface area contributed by atoms with E-state index < -0.39 is 15.4 Å². The van der Waals surface area contributed by atoms with Crippen molar-refractivity contribution in [1.82, 2.24) is 5.32 Å². The summed E-state index contributed by atoms with van der Waals surface area (Å²) in [6, 6.07) is 11.6. The molecule has 0 aromatic heterocycles. The zero-order valence-electron chi connectivity index (χ0n) is 18.6. The summed E-state index contributed by atoms with van der Waals surface area (Å²) < 4.78 is 43.9. The van der Waals surface area contributed by atoms with E-state index in [1.807, 2.05) is 12.1 Å². The normalized spacial score (nSPS) is 14.8. The van der Waals surface area contributed by atoms with Crippen LogP contribution in [0.25, 0.3) is 0 Å². The summed E-state index contributed by atoms with van der Waals surface area (Å²) >= 11 is 0. The fourth-order valence-electron chi connectivity index (χ4n) is 3.83. The lowest BCUT2D eigenvalue weighted by atomic mass is 9.64. The van der Waals surface area contributed by atoms with Crippen LogP contribution in [0.1, 0.15) is 31.2 Å². The van der Waals surface area contributed by atoms with Crippen molar-refractivity contribution in [3.05, 3.63) is 48.0 Å². The van der Waals surface area contributed by atoms with Crippen molar-refractivity contribution in [2.75, 3.05) is 39.2 Å². The van der Waals surface area contributed by atoms with Crippen LogP contribution in [-0.2, 0) is 25.0 Å². The second-order valence-electron chi connectivity index (χ2n) is 7.74. The molecule has 0 heterocycles. The molecule has 2 aromatic carbocycles. The minimum atomic E-state index is -3.91. The van der Waals surface area contributed by atoms with Crippen molar-refractivity contribution in [3.8, 4) is 11.5 Å². The molecule has 0 aliphatic heterocycles. The number of nitrogens with one attached hydrogen (secondary N) is 2. The third-order valence-electron chi connectivity index (χ3n) is 5.80. The molecule has 0 spiro atoms. The van der Waals surface area contributed by atoms with E-state index in [0.29, 0.717) is 24.6 Å². The highest BCUT2D eigenvalue weighted by atomic mass is 32.2. The number of benzene rings is 2. The fourth-order valence-corrected chi connectivity index (χ4v) is 5.07. The largest absolute Gasteiger partial charge is 0.497 e. The molecule has 0 radical (unpaired) electrons. The maximum Gasteiger partial charge on any atom is 0.265 e. The van der Waals surface area contributed by atoms with Gasteiger partial charge in [0.1, 0.15) is 16.4 Å².